The van der Waals surface area contributed by atoms with E-state index in [1.807, 2.05) is 56.3 Å². The van der Waals surface area contributed by atoms with Crippen molar-refractivity contribution in [2.45, 2.75) is 52.9 Å². The molecule has 0 aliphatic carbocycles. The molecule has 1 aromatic heterocycles. The summed E-state index contributed by atoms with van der Waals surface area (Å²) < 4.78 is 27.5. The van der Waals surface area contributed by atoms with Crippen LogP contribution in [0.5, 0.6) is 17.2 Å². The van der Waals surface area contributed by atoms with Crippen LogP contribution in [0.1, 0.15) is 45.1 Å². The average Bonchev–Trinajstić information content (AvgIpc) is 2.91. The molecule has 0 saturated carbocycles. The second-order valence-corrected chi connectivity index (χ2v) is 9.23. The molecule has 0 radical (unpaired) electrons. The number of nitrogens with zero attached hydrogens (tertiary/aromatic N) is 1. The molecule has 39 heavy (non-hydrogen) atoms. The Morgan fingerprint density at radius 1 is 0.949 bits per heavy atom. The number of amides is 1. The highest BCUT2D eigenvalue weighted by atomic mass is 16.7. The lowest BCUT2D eigenvalue weighted by molar-refractivity contribution is -0.155. The number of carbonyl (C=O) groups excluding carboxylic acids is 3. The molecule has 1 heterocycles. The Morgan fingerprint density at radius 2 is 1.67 bits per heavy atom. The molecule has 0 saturated heterocycles. The Morgan fingerprint density at radius 3 is 2.36 bits per heavy atom. The molecular formula is C29H34N2O8. The monoisotopic (exact) mass is 538 g/mol. The van der Waals surface area contributed by atoms with Gasteiger partial charge in [0.1, 0.15) is 24.0 Å². The first-order valence-corrected chi connectivity index (χ1v) is 12.6. The van der Waals surface area contributed by atoms with E-state index in [1.165, 1.54) is 33.2 Å². The second-order valence-electron chi connectivity index (χ2n) is 9.23. The van der Waals surface area contributed by atoms with Crippen LogP contribution in [0.25, 0.3) is 10.8 Å². The van der Waals surface area contributed by atoms with E-state index in [1.54, 1.807) is 6.92 Å². The SMILES string of the molecule is COc1ccnc(C(=O)N[C@@H](C)C(=O)O[C@@H](C)[C@H](Oc2cccc3ccccc23)C(C)C)c1OCOC(C)=O. The first kappa shape index (κ1) is 29.2. The third-order valence-corrected chi connectivity index (χ3v) is 5.90. The number of fused-ring (bicyclic) bond motifs is 1. The van der Waals surface area contributed by atoms with Crippen molar-refractivity contribution in [3.8, 4) is 17.2 Å². The van der Waals surface area contributed by atoms with Gasteiger partial charge in [-0.15, -0.1) is 0 Å². The fourth-order valence-electron chi connectivity index (χ4n) is 3.96. The van der Waals surface area contributed by atoms with Crippen molar-refractivity contribution in [1.29, 1.82) is 0 Å². The van der Waals surface area contributed by atoms with E-state index in [-0.39, 0.29) is 23.1 Å². The Kier molecular flexibility index (Phi) is 10.1. The first-order valence-electron chi connectivity index (χ1n) is 12.6. The number of hydrogen-bond donors (Lipinski definition) is 1. The number of rotatable bonds is 12. The van der Waals surface area contributed by atoms with Crippen LogP contribution in [0.3, 0.4) is 0 Å². The van der Waals surface area contributed by atoms with Crippen molar-refractivity contribution in [1.82, 2.24) is 10.3 Å². The maximum absolute atomic E-state index is 13.0. The number of benzene rings is 2. The number of aromatic nitrogens is 1. The summed E-state index contributed by atoms with van der Waals surface area (Å²) in [6.07, 6.45) is 0.299. The number of methoxy groups -OCH3 is 1. The molecule has 0 bridgehead atoms. The minimum Gasteiger partial charge on any atom is -0.493 e. The van der Waals surface area contributed by atoms with Gasteiger partial charge >= 0.3 is 11.9 Å². The van der Waals surface area contributed by atoms with Crippen molar-refractivity contribution >= 4 is 28.6 Å². The maximum Gasteiger partial charge on any atom is 0.328 e. The third-order valence-electron chi connectivity index (χ3n) is 5.90. The highest BCUT2D eigenvalue weighted by Gasteiger charge is 2.30. The number of pyridine rings is 1. The van der Waals surface area contributed by atoms with Crippen molar-refractivity contribution in [2.75, 3.05) is 13.9 Å². The summed E-state index contributed by atoms with van der Waals surface area (Å²) >= 11 is 0. The molecule has 3 rings (SSSR count). The summed E-state index contributed by atoms with van der Waals surface area (Å²) in [5, 5.41) is 4.58. The first-order chi connectivity index (χ1) is 18.6. The molecule has 3 atom stereocenters. The van der Waals surface area contributed by atoms with Gasteiger partial charge in [-0.3, -0.25) is 9.59 Å². The summed E-state index contributed by atoms with van der Waals surface area (Å²) in [5.41, 5.74) is -0.145. The number of ether oxygens (including phenoxy) is 5. The van der Waals surface area contributed by atoms with Gasteiger partial charge in [-0.2, -0.15) is 0 Å². The number of nitrogens with one attached hydrogen (secondary N) is 1. The maximum atomic E-state index is 13.0. The standard InChI is InChI=1S/C29H34N2O8/c1-17(2)26(39-23-13-9-11-21-10-7-8-12-22(21)23)19(4)38-29(34)18(3)31-28(33)25-27(37-16-36-20(5)32)24(35-6)14-15-30-25/h7-15,17-19,26H,16H2,1-6H3,(H,31,33)/t18-,19-,26+/m0/s1. The predicted octanol–water partition coefficient (Wildman–Crippen LogP) is 4.30. The predicted molar refractivity (Wildman–Crippen MR) is 144 cm³/mol. The zero-order valence-electron chi connectivity index (χ0n) is 22.9. The van der Waals surface area contributed by atoms with E-state index in [0.29, 0.717) is 5.75 Å². The summed E-state index contributed by atoms with van der Waals surface area (Å²) in [7, 11) is 1.39. The van der Waals surface area contributed by atoms with Crippen LogP contribution < -0.4 is 19.5 Å². The minimum absolute atomic E-state index is 0.0228. The van der Waals surface area contributed by atoms with Gasteiger partial charge in [0.05, 0.1) is 7.11 Å². The zero-order chi connectivity index (χ0) is 28.5. The highest BCUT2D eigenvalue weighted by molar-refractivity contribution is 5.98. The van der Waals surface area contributed by atoms with Crippen LogP contribution in [0, 0.1) is 5.92 Å². The zero-order valence-corrected chi connectivity index (χ0v) is 22.9. The van der Waals surface area contributed by atoms with Crippen LogP contribution in [0.2, 0.25) is 0 Å². The van der Waals surface area contributed by atoms with E-state index in [4.69, 9.17) is 23.7 Å². The Labute approximate surface area is 227 Å². The van der Waals surface area contributed by atoms with Crippen LogP contribution in [0.4, 0.5) is 0 Å². The van der Waals surface area contributed by atoms with E-state index in [0.717, 1.165) is 10.8 Å². The number of hydrogen-bond acceptors (Lipinski definition) is 9. The minimum atomic E-state index is -1.01. The molecule has 208 valence electrons. The molecule has 0 aliphatic rings. The molecule has 0 fully saturated rings. The third kappa shape index (κ3) is 7.59. The summed E-state index contributed by atoms with van der Waals surface area (Å²) in [6, 6.07) is 14.2. The molecular weight excluding hydrogens is 504 g/mol. The molecule has 1 N–H and O–H groups in total. The second kappa shape index (κ2) is 13.5. The molecule has 10 heteroatoms. The van der Waals surface area contributed by atoms with Crippen molar-refractivity contribution in [3.63, 3.8) is 0 Å². The van der Waals surface area contributed by atoms with Crippen LogP contribution >= 0.6 is 0 Å². The molecule has 2 aromatic carbocycles. The molecule has 0 spiro atoms. The van der Waals surface area contributed by atoms with Gasteiger partial charge in [0, 0.05) is 24.6 Å². The van der Waals surface area contributed by atoms with Gasteiger partial charge in [-0.1, -0.05) is 50.2 Å². The average molecular weight is 539 g/mol. The van der Waals surface area contributed by atoms with Gasteiger partial charge < -0.3 is 29.0 Å². The fraction of sp³-hybridized carbons (Fsp3) is 0.379. The topological polar surface area (TPSA) is 122 Å². The van der Waals surface area contributed by atoms with Crippen molar-refractivity contribution in [2.24, 2.45) is 5.92 Å². The van der Waals surface area contributed by atoms with E-state index < -0.39 is 42.9 Å². The van der Waals surface area contributed by atoms with Crippen LogP contribution in [-0.2, 0) is 19.1 Å². The molecule has 1 amide bonds. The van der Waals surface area contributed by atoms with Gasteiger partial charge in [0.2, 0.25) is 6.79 Å². The van der Waals surface area contributed by atoms with Crippen LogP contribution in [-0.4, -0.2) is 55.0 Å². The smallest absolute Gasteiger partial charge is 0.328 e. The Balaban J connectivity index is 1.68. The summed E-state index contributed by atoms with van der Waals surface area (Å²) in [5.74, 6) is -1.01. The van der Waals surface area contributed by atoms with Crippen molar-refractivity contribution < 1.29 is 38.1 Å². The summed E-state index contributed by atoms with van der Waals surface area (Å²) in [4.78, 5) is 41.1. The largest absolute Gasteiger partial charge is 0.493 e. The molecule has 10 nitrogen and oxygen atoms in total. The quantitative estimate of drug-likeness (QED) is 0.266. The fourth-order valence-corrected chi connectivity index (χ4v) is 3.96. The van der Waals surface area contributed by atoms with Gasteiger partial charge in [-0.25, -0.2) is 9.78 Å². The molecule has 0 unspecified atom stereocenters. The van der Waals surface area contributed by atoms with Crippen LogP contribution in [0.15, 0.2) is 54.7 Å². The lowest BCUT2D eigenvalue weighted by Crippen LogP contribution is -2.44. The number of esters is 2. The Hall–Kier alpha value is -4.34. The lowest BCUT2D eigenvalue weighted by Gasteiger charge is -2.29. The van der Waals surface area contributed by atoms with E-state index in [2.05, 4.69) is 10.3 Å². The van der Waals surface area contributed by atoms with E-state index >= 15 is 0 Å². The van der Waals surface area contributed by atoms with Gasteiger partial charge in [-0.05, 0) is 31.2 Å². The lowest BCUT2D eigenvalue weighted by atomic mass is 10.0. The van der Waals surface area contributed by atoms with E-state index in [9.17, 15) is 14.4 Å². The molecule has 3 aromatic rings. The van der Waals surface area contributed by atoms with Gasteiger partial charge in [0.15, 0.2) is 17.2 Å². The Bertz CT molecular complexity index is 1300. The summed E-state index contributed by atoms with van der Waals surface area (Å²) in [6.45, 7) is 8.01. The molecule has 0 aliphatic heterocycles. The van der Waals surface area contributed by atoms with Crippen molar-refractivity contribution in [3.05, 3.63) is 60.4 Å². The van der Waals surface area contributed by atoms with Gasteiger partial charge in [0.25, 0.3) is 5.91 Å². The highest BCUT2D eigenvalue weighted by Crippen LogP contribution is 2.30. The number of carbonyl (C=O) groups is 3. The normalized spacial score (nSPS) is 13.2.